The van der Waals surface area contributed by atoms with Crippen molar-refractivity contribution >= 4 is 17.0 Å². The van der Waals surface area contributed by atoms with Crippen LogP contribution in [0.25, 0.3) is 11.0 Å². The fraction of sp³-hybridized carbons (Fsp3) is 0.533. The molecule has 1 saturated carbocycles. The molecular formula is C15H21N3O. The fourth-order valence-corrected chi connectivity index (χ4v) is 2.91. The first-order valence-electron chi connectivity index (χ1n) is 6.73. The number of benzene rings is 1. The summed E-state index contributed by atoms with van der Waals surface area (Å²) in [6.45, 7) is 6.64. The number of anilines is 1. The van der Waals surface area contributed by atoms with Crippen LogP contribution in [-0.2, 0) is 4.74 Å². The first kappa shape index (κ1) is 12.5. The monoisotopic (exact) mass is 259 g/mol. The maximum Gasteiger partial charge on any atom is 0.201 e. The summed E-state index contributed by atoms with van der Waals surface area (Å²) < 4.78 is 5.65. The normalized spacial score (nSPS) is 29.2. The second-order valence-corrected chi connectivity index (χ2v) is 6.16. The van der Waals surface area contributed by atoms with E-state index in [1.807, 2.05) is 24.3 Å². The Labute approximate surface area is 113 Å². The molecule has 2 N–H and O–H groups in total. The highest BCUT2D eigenvalue weighted by Gasteiger charge is 2.57. The summed E-state index contributed by atoms with van der Waals surface area (Å²) in [4.78, 5) is 7.88. The highest BCUT2D eigenvalue weighted by Crippen LogP contribution is 2.52. The molecule has 1 aliphatic rings. The summed E-state index contributed by atoms with van der Waals surface area (Å²) in [6.07, 6.45) is 0.994. The third kappa shape index (κ3) is 1.74. The number of para-hydroxylation sites is 2. The van der Waals surface area contributed by atoms with Crippen molar-refractivity contribution in [2.24, 2.45) is 5.41 Å². The Morgan fingerprint density at radius 3 is 2.68 bits per heavy atom. The number of H-pyrrole nitrogens is 1. The number of fused-ring (bicyclic) bond motifs is 1. The third-order valence-electron chi connectivity index (χ3n) is 4.98. The molecule has 3 rings (SSSR count). The van der Waals surface area contributed by atoms with Crippen molar-refractivity contribution in [2.45, 2.75) is 38.8 Å². The summed E-state index contributed by atoms with van der Waals surface area (Å²) in [5.74, 6) is 0.845. The smallest absolute Gasteiger partial charge is 0.201 e. The lowest BCUT2D eigenvalue weighted by Gasteiger charge is -2.59. The van der Waals surface area contributed by atoms with E-state index in [2.05, 4.69) is 36.1 Å². The summed E-state index contributed by atoms with van der Waals surface area (Å²) in [7, 11) is 1.79. The molecule has 0 radical (unpaired) electrons. The third-order valence-corrected chi connectivity index (χ3v) is 4.98. The van der Waals surface area contributed by atoms with Crippen LogP contribution in [0.3, 0.4) is 0 Å². The molecule has 1 aromatic heterocycles. The van der Waals surface area contributed by atoms with Gasteiger partial charge in [-0.3, -0.25) is 0 Å². The molecule has 2 aromatic rings. The van der Waals surface area contributed by atoms with Crippen molar-refractivity contribution < 1.29 is 4.74 Å². The fourth-order valence-electron chi connectivity index (χ4n) is 2.91. The van der Waals surface area contributed by atoms with E-state index in [0.29, 0.717) is 6.04 Å². The van der Waals surface area contributed by atoms with Gasteiger partial charge in [0.2, 0.25) is 5.95 Å². The second-order valence-electron chi connectivity index (χ2n) is 6.16. The average molecular weight is 259 g/mol. The van der Waals surface area contributed by atoms with Crippen LogP contribution >= 0.6 is 0 Å². The molecule has 0 spiro atoms. The molecule has 0 aliphatic heterocycles. The molecule has 19 heavy (non-hydrogen) atoms. The maximum atomic E-state index is 5.65. The second kappa shape index (κ2) is 3.97. The predicted octanol–water partition coefficient (Wildman–Crippen LogP) is 3.18. The van der Waals surface area contributed by atoms with Gasteiger partial charge >= 0.3 is 0 Å². The number of hydrogen-bond acceptors (Lipinski definition) is 3. The minimum absolute atomic E-state index is 0.0588. The van der Waals surface area contributed by atoms with Crippen LogP contribution in [0.15, 0.2) is 24.3 Å². The van der Waals surface area contributed by atoms with E-state index in [1.165, 1.54) is 0 Å². The van der Waals surface area contributed by atoms with Crippen LogP contribution < -0.4 is 5.32 Å². The number of rotatable bonds is 3. The van der Waals surface area contributed by atoms with E-state index >= 15 is 0 Å². The van der Waals surface area contributed by atoms with Gasteiger partial charge in [0.1, 0.15) is 0 Å². The van der Waals surface area contributed by atoms with Crippen molar-refractivity contribution in [2.75, 3.05) is 12.4 Å². The summed E-state index contributed by atoms with van der Waals surface area (Å²) >= 11 is 0. The van der Waals surface area contributed by atoms with Crippen molar-refractivity contribution in [1.82, 2.24) is 9.97 Å². The summed E-state index contributed by atoms with van der Waals surface area (Å²) in [5.41, 5.74) is 2.09. The van der Waals surface area contributed by atoms with Gasteiger partial charge in [0.05, 0.1) is 16.6 Å². The van der Waals surface area contributed by atoms with Gasteiger partial charge < -0.3 is 15.0 Å². The molecule has 2 atom stereocenters. The topological polar surface area (TPSA) is 49.9 Å². The molecule has 1 aliphatic carbocycles. The number of imidazole rings is 1. The molecule has 1 fully saturated rings. The lowest BCUT2D eigenvalue weighted by Crippen LogP contribution is -2.65. The first-order valence-corrected chi connectivity index (χ1v) is 6.73. The van der Waals surface area contributed by atoms with Crippen molar-refractivity contribution in [3.8, 4) is 0 Å². The quantitative estimate of drug-likeness (QED) is 0.890. The van der Waals surface area contributed by atoms with E-state index in [-0.39, 0.29) is 11.0 Å². The van der Waals surface area contributed by atoms with Gasteiger partial charge in [-0.2, -0.15) is 0 Å². The van der Waals surface area contributed by atoms with E-state index in [4.69, 9.17) is 4.74 Å². The maximum absolute atomic E-state index is 5.65. The van der Waals surface area contributed by atoms with Crippen molar-refractivity contribution in [3.63, 3.8) is 0 Å². The number of aromatic amines is 1. The number of hydrogen-bond donors (Lipinski definition) is 2. The number of nitrogens with one attached hydrogen (secondary N) is 2. The van der Waals surface area contributed by atoms with Crippen LogP contribution in [0.1, 0.15) is 27.2 Å². The zero-order valence-corrected chi connectivity index (χ0v) is 11.9. The lowest BCUT2D eigenvalue weighted by atomic mass is 9.56. The van der Waals surface area contributed by atoms with E-state index < -0.39 is 0 Å². The molecule has 4 nitrogen and oxygen atoms in total. The van der Waals surface area contributed by atoms with Gasteiger partial charge in [0.15, 0.2) is 0 Å². The molecule has 1 aromatic carbocycles. The minimum Gasteiger partial charge on any atom is -0.378 e. The highest BCUT2D eigenvalue weighted by molar-refractivity contribution is 5.77. The Hall–Kier alpha value is -1.55. The number of aromatic nitrogens is 2. The van der Waals surface area contributed by atoms with Crippen LogP contribution in [0.2, 0.25) is 0 Å². The van der Waals surface area contributed by atoms with Crippen LogP contribution in [0, 0.1) is 5.41 Å². The van der Waals surface area contributed by atoms with E-state index in [0.717, 1.165) is 23.4 Å². The van der Waals surface area contributed by atoms with Gasteiger partial charge in [0.25, 0.3) is 0 Å². The number of ether oxygens (including phenoxy) is 1. The molecule has 2 unspecified atom stereocenters. The number of methoxy groups -OCH3 is 1. The first-order chi connectivity index (χ1) is 8.96. The van der Waals surface area contributed by atoms with Gasteiger partial charge in [0, 0.05) is 18.6 Å². The molecule has 0 saturated heterocycles. The van der Waals surface area contributed by atoms with Crippen molar-refractivity contribution in [1.29, 1.82) is 0 Å². The van der Waals surface area contributed by atoms with Crippen LogP contribution in [-0.4, -0.2) is 28.7 Å². The molecule has 1 heterocycles. The van der Waals surface area contributed by atoms with E-state index in [1.54, 1.807) is 7.11 Å². The minimum atomic E-state index is -0.0588. The van der Waals surface area contributed by atoms with Crippen LogP contribution in [0.5, 0.6) is 0 Å². The van der Waals surface area contributed by atoms with Crippen LogP contribution in [0.4, 0.5) is 5.95 Å². The Morgan fingerprint density at radius 1 is 1.32 bits per heavy atom. The summed E-state index contributed by atoms with van der Waals surface area (Å²) in [5, 5.41) is 3.50. The van der Waals surface area contributed by atoms with Crippen molar-refractivity contribution in [3.05, 3.63) is 24.3 Å². The van der Waals surface area contributed by atoms with Gasteiger partial charge in [-0.15, -0.1) is 0 Å². The van der Waals surface area contributed by atoms with Gasteiger partial charge in [-0.05, 0) is 25.5 Å². The van der Waals surface area contributed by atoms with Gasteiger partial charge in [-0.25, -0.2) is 4.98 Å². The molecule has 102 valence electrons. The predicted molar refractivity (Wildman–Crippen MR) is 77.3 cm³/mol. The Kier molecular flexibility index (Phi) is 2.61. The molecule has 0 bridgehead atoms. The molecular weight excluding hydrogens is 238 g/mol. The Balaban J connectivity index is 1.80. The summed E-state index contributed by atoms with van der Waals surface area (Å²) in [6, 6.07) is 8.45. The zero-order chi connectivity index (χ0) is 13.7. The van der Waals surface area contributed by atoms with E-state index in [9.17, 15) is 0 Å². The van der Waals surface area contributed by atoms with Gasteiger partial charge in [-0.1, -0.05) is 26.0 Å². The average Bonchev–Trinajstić information content (AvgIpc) is 2.80. The standard InChI is InChI=1S/C15H21N3O/c1-14(2)12(9-15(14,3)19-4)18-13-16-10-7-5-6-8-11(10)17-13/h5-8,12H,9H2,1-4H3,(H2,16,17,18). The Bertz CT molecular complexity index is 571. The largest absolute Gasteiger partial charge is 0.378 e. The number of nitrogens with zero attached hydrogens (tertiary/aromatic N) is 1. The molecule has 4 heteroatoms. The Morgan fingerprint density at radius 2 is 2.05 bits per heavy atom. The highest BCUT2D eigenvalue weighted by atomic mass is 16.5. The SMILES string of the molecule is COC1(C)CC(Nc2nc3ccccc3[nH]2)C1(C)C. The molecule has 0 amide bonds. The zero-order valence-electron chi connectivity index (χ0n) is 11.9. The lowest BCUT2D eigenvalue weighted by molar-refractivity contribution is -0.166.